The molecule has 0 rings (SSSR count). The van der Waals surface area contributed by atoms with E-state index < -0.39 is 6.29 Å². The van der Waals surface area contributed by atoms with E-state index in [0.29, 0.717) is 13.2 Å². The minimum atomic E-state index is -0.703. The van der Waals surface area contributed by atoms with Crippen LogP contribution in [0.1, 0.15) is 58.8 Å². The second kappa shape index (κ2) is 13.5. The van der Waals surface area contributed by atoms with Crippen LogP contribution in [0.2, 0.25) is 0 Å². The number of aliphatic hydroxyl groups excluding tert-OH is 1. The zero-order valence-corrected chi connectivity index (χ0v) is 11.4. The topological polar surface area (TPSA) is 38.7 Å². The standard InChI is InChI=1S/C14H28O3/c1-3-4-5-6-7-8-9-10-11-16-12-13-17-14(2)15/h10-11,14-15H,3-9,12-13H2,1-2H3. The molecule has 1 unspecified atom stereocenters. The predicted octanol–water partition coefficient (Wildman–Crippen LogP) is 3.62. The molecule has 1 N–H and O–H groups in total. The number of aliphatic hydroxyl groups is 1. The lowest BCUT2D eigenvalue weighted by molar-refractivity contribution is -0.0940. The number of allylic oxidation sites excluding steroid dienone is 1. The van der Waals surface area contributed by atoms with Gasteiger partial charge in [-0.2, -0.15) is 0 Å². The van der Waals surface area contributed by atoms with Crippen LogP contribution in [0, 0.1) is 0 Å². The van der Waals surface area contributed by atoms with Gasteiger partial charge in [0.2, 0.25) is 0 Å². The van der Waals surface area contributed by atoms with E-state index in [-0.39, 0.29) is 0 Å². The molecule has 0 radical (unpaired) electrons. The van der Waals surface area contributed by atoms with E-state index in [2.05, 4.69) is 13.0 Å². The number of unbranched alkanes of at least 4 members (excludes halogenated alkanes) is 6. The van der Waals surface area contributed by atoms with E-state index in [1.807, 2.05) is 0 Å². The maximum Gasteiger partial charge on any atom is 0.151 e. The maximum atomic E-state index is 8.82. The summed E-state index contributed by atoms with van der Waals surface area (Å²) in [4.78, 5) is 0. The molecule has 0 saturated heterocycles. The maximum absolute atomic E-state index is 8.82. The first kappa shape index (κ1) is 16.5. The van der Waals surface area contributed by atoms with E-state index >= 15 is 0 Å². The Morgan fingerprint density at radius 3 is 2.47 bits per heavy atom. The van der Waals surface area contributed by atoms with Crippen LogP contribution in [-0.2, 0) is 9.47 Å². The quantitative estimate of drug-likeness (QED) is 0.324. The van der Waals surface area contributed by atoms with Crippen LogP contribution in [0.15, 0.2) is 12.3 Å². The van der Waals surface area contributed by atoms with Crippen molar-refractivity contribution in [1.82, 2.24) is 0 Å². The number of hydrogen-bond donors (Lipinski definition) is 1. The van der Waals surface area contributed by atoms with Crippen molar-refractivity contribution in [2.75, 3.05) is 13.2 Å². The molecular weight excluding hydrogens is 216 g/mol. The van der Waals surface area contributed by atoms with Crippen LogP contribution in [0.25, 0.3) is 0 Å². The fraction of sp³-hybridized carbons (Fsp3) is 0.857. The van der Waals surface area contributed by atoms with E-state index in [0.717, 1.165) is 6.42 Å². The monoisotopic (exact) mass is 244 g/mol. The van der Waals surface area contributed by atoms with Gasteiger partial charge in [0.15, 0.2) is 6.29 Å². The van der Waals surface area contributed by atoms with Gasteiger partial charge < -0.3 is 14.6 Å². The second-order valence-electron chi connectivity index (χ2n) is 4.27. The van der Waals surface area contributed by atoms with Gasteiger partial charge in [0, 0.05) is 0 Å². The summed E-state index contributed by atoms with van der Waals surface area (Å²) in [6.07, 6.45) is 12.1. The Hall–Kier alpha value is -0.540. The van der Waals surface area contributed by atoms with Crippen molar-refractivity contribution in [3.63, 3.8) is 0 Å². The van der Waals surface area contributed by atoms with Gasteiger partial charge in [-0.05, 0) is 25.8 Å². The third-order valence-electron chi connectivity index (χ3n) is 2.48. The van der Waals surface area contributed by atoms with Crippen LogP contribution < -0.4 is 0 Å². The summed E-state index contributed by atoms with van der Waals surface area (Å²) in [7, 11) is 0. The Bertz CT molecular complexity index is 167. The zero-order chi connectivity index (χ0) is 12.8. The summed E-state index contributed by atoms with van der Waals surface area (Å²) in [6.45, 7) is 4.76. The molecule has 0 spiro atoms. The third-order valence-corrected chi connectivity index (χ3v) is 2.48. The molecule has 0 aliphatic carbocycles. The van der Waals surface area contributed by atoms with E-state index in [4.69, 9.17) is 14.6 Å². The molecule has 0 aliphatic heterocycles. The van der Waals surface area contributed by atoms with Crippen molar-refractivity contribution < 1.29 is 14.6 Å². The van der Waals surface area contributed by atoms with Crippen molar-refractivity contribution in [2.45, 2.75) is 65.1 Å². The van der Waals surface area contributed by atoms with E-state index in [1.165, 1.54) is 38.5 Å². The third kappa shape index (κ3) is 15.5. The smallest absolute Gasteiger partial charge is 0.151 e. The zero-order valence-electron chi connectivity index (χ0n) is 11.4. The van der Waals surface area contributed by atoms with Gasteiger partial charge in [0.25, 0.3) is 0 Å². The van der Waals surface area contributed by atoms with E-state index in [9.17, 15) is 0 Å². The number of rotatable bonds is 12. The van der Waals surface area contributed by atoms with E-state index in [1.54, 1.807) is 13.2 Å². The van der Waals surface area contributed by atoms with Crippen LogP contribution >= 0.6 is 0 Å². The largest absolute Gasteiger partial charge is 0.499 e. The van der Waals surface area contributed by atoms with Crippen LogP contribution in [0.4, 0.5) is 0 Å². The van der Waals surface area contributed by atoms with Gasteiger partial charge >= 0.3 is 0 Å². The molecule has 0 amide bonds. The molecular formula is C14H28O3. The van der Waals surface area contributed by atoms with Crippen LogP contribution in [0.5, 0.6) is 0 Å². The van der Waals surface area contributed by atoms with Crippen LogP contribution in [0.3, 0.4) is 0 Å². The first-order valence-electron chi connectivity index (χ1n) is 6.83. The minimum absolute atomic E-state index is 0.430. The Kier molecular flexibility index (Phi) is 13.1. The molecule has 102 valence electrons. The lowest BCUT2D eigenvalue weighted by Crippen LogP contribution is -2.10. The molecule has 0 fully saturated rings. The number of hydrogen-bond acceptors (Lipinski definition) is 3. The molecule has 0 saturated carbocycles. The van der Waals surface area contributed by atoms with Crippen molar-refractivity contribution in [1.29, 1.82) is 0 Å². The molecule has 0 bridgehead atoms. The molecule has 0 aromatic rings. The summed E-state index contributed by atoms with van der Waals surface area (Å²) in [5.41, 5.74) is 0. The van der Waals surface area contributed by atoms with Crippen molar-refractivity contribution in [2.24, 2.45) is 0 Å². The van der Waals surface area contributed by atoms with Gasteiger partial charge in [0.1, 0.15) is 6.61 Å². The highest BCUT2D eigenvalue weighted by Crippen LogP contribution is 2.07. The van der Waals surface area contributed by atoms with Gasteiger partial charge in [0.05, 0.1) is 12.9 Å². The SMILES string of the molecule is CCCCCCCCC=COCCOC(C)O. The minimum Gasteiger partial charge on any atom is -0.499 e. The Morgan fingerprint density at radius 2 is 1.76 bits per heavy atom. The average molecular weight is 244 g/mol. The van der Waals surface area contributed by atoms with Gasteiger partial charge in [-0.25, -0.2) is 0 Å². The molecule has 0 aromatic carbocycles. The molecule has 1 atom stereocenters. The molecule has 0 heterocycles. The second-order valence-corrected chi connectivity index (χ2v) is 4.27. The van der Waals surface area contributed by atoms with Crippen LogP contribution in [-0.4, -0.2) is 24.6 Å². The summed E-state index contributed by atoms with van der Waals surface area (Å²) in [5, 5.41) is 8.82. The Labute approximate surface area is 106 Å². The number of ether oxygens (including phenoxy) is 2. The lowest BCUT2D eigenvalue weighted by atomic mass is 10.1. The molecule has 0 aliphatic rings. The fourth-order valence-electron chi connectivity index (χ4n) is 1.51. The van der Waals surface area contributed by atoms with Gasteiger partial charge in [-0.3, -0.25) is 0 Å². The highest BCUT2D eigenvalue weighted by molar-refractivity contribution is 4.73. The Balaban J connectivity index is 3.04. The molecule has 17 heavy (non-hydrogen) atoms. The fourth-order valence-corrected chi connectivity index (χ4v) is 1.51. The summed E-state index contributed by atoms with van der Waals surface area (Å²) < 4.78 is 10.1. The first-order chi connectivity index (χ1) is 8.27. The highest BCUT2D eigenvalue weighted by atomic mass is 16.6. The highest BCUT2D eigenvalue weighted by Gasteiger charge is 1.92. The molecule has 3 heteroatoms. The molecule has 0 aromatic heterocycles. The van der Waals surface area contributed by atoms with Gasteiger partial charge in [-0.1, -0.05) is 39.0 Å². The normalized spacial score (nSPS) is 13.1. The van der Waals surface area contributed by atoms with Gasteiger partial charge in [-0.15, -0.1) is 0 Å². The molecule has 3 nitrogen and oxygen atoms in total. The first-order valence-corrected chi connectivity index (χ1v) is 6.83. The predicted molar refractivity (Wildman–Crippen MR) is 70.7 cm³/mol. The van der Waals surface area contributed by atoms with Crippen molar-refractivity contribution in [3.8, 4) is 0 Å². The lowest BCUT2D eigenvalue weighted by Gasteiger charge is -2.05. The van der Waals surface area contributed by atoms with Crippen molar-refractivity contribution >= 4 is 0 Å². The summed E-state index contributed by atoms with van der Waals surface area (Å²) >= 11 is 0. The summed E-state index contributed by atoms with van der Waals surface area (Å²) in [6, 6.07) is 0. The Morgan fingerprint density at radius 1 is 1.06 bits per heavy atom. The average Bonchev–Trinajstić information content (AvgIpc) is 2.30. The van der Waals surface area contributed by atoms with Crippen molar-refractivity contribution in [3.05, 3.63) is 12.3 Å². The summed E-state index contributed by atoms with van der Waals surface area (Å²) in [5.74, 6) is 0.